The molecule has 0 saturated carbocycles. The number of rotatable bonds is 9. The number of aromatic nitrogens is 1. The van der Waals surface area contributed by atoms with Gasteiger partial charge in [-0.3, -0.25) is 0 Å². The van der Waals surface area contributed by atoms with Crippen molar-refractivity contribution in [1.82, 2.24) is 4.57 Å². The van der Waals surface area contributed by atoms with Crippen LogP contribution in [0.15, 0.2) is 279 Å². The maximum absolute atomic E-state index is 2.46. The number of nitrogens with zero attached hydrogens (tertiary/aromatic N) is 2. The Morgan fingerprint density at radius 2 is 0.739 bits per heavy atom. The molecule has 0 bridgehead atoms. The van der Waals surface area contributed by atoms with E-state index in [0.717, 1.165) is 22.7 Å². The molecule has 2 heteroatoms. The van der Waals surface area contributed by atoms with Gasteiger partial charge in [0.15, 0.2) is 0 Å². The van der Waals surface area contributed by atoms with Crippen molar-refractivity contribution >= 4 is 38.9 Å². The van der Waals surface area contributed by atoms with Crippen molar-refractivity contribution in [2.45, 2.75) is 5.41 Å². The third kappa shape index (κ3) is 6.64. The van der Waals surface area contributed by atoms with E-state index in [0.29, 0.717) is 0 Å². The van der Waals surface area contributed by atoms with E-state index >= 15 is 0 Å². The van der Waals surface area contributed by atoms with Crippen LogP contribution in [0.4, 0.5) is 17.1 Å². The van der Waals surface area contributed by atoms with Crippen molar-refractivity contribution in [2.75, 3.05) is 4.90 Å². The van der Waals surface area contributed by atoms with E-state index in [1.54, 1.807) is 0 Å². The highest BCUT2D eigenvalue weighted by molar-refractivity contribution is 6.15. The summed E-state index contributed by atoms with van der Waals surface area (Å²) < 4.78 is 2.39. The number of hydrogen-bond acceptors (Lipinski definition) is 1. The van der Waals surface area contributed by atoms with E-state index in [9.17, 15) is 0 Å². The Hall–Kier alpha value is -8.98. The molecule has 1 aliphatic rings. The summed E-state index contributed by atoms with van der Waals surface area (Å²) in [7, 11) is 0. The summed E-state index contributed by atoms with van der Waals surface area (Å²) in [6, 6.07) is 102. The minimum absolute atomic E-state index is 0.520. The van der Waals surface area contributed by atoms with E-state index in [1.807, 2.05) is 0 Å². The molecule has 1 aromatic heterocycles. The summed E-state index contributed by atoms with van der Waals surface area (Å²) in [5.74, 6) is 0. The fourth-order valence-electron chi connectivity index (χ4n) is 11.2. The van der Waals surface area contributed by atoms with Crippen molar-refractivity contribution in [3.63, 3.8) is 0 Å². The van der Waals surface area contributed by atoms with Gasteiger partial charge >= 0.3 is 0 Å². The minimum atomic E-state index is -0.520. The molecule has 12 aromatic rings. The fraction of sp³-hybridized carbons (Fsp3) is 0.0149. The lowest BCUT2D eigenvalue weighted by atomic mass is 9.67. The van der Waals surface area contributed by atoms with Gasteiger partial charge in [0.1, 0.15) is 0 Å². The highest BCUT2D eigenvalue weighted by Gasteiger charge is 2.46. The topological polar surface area (TPSA) is 8.17 Å². The van der Waals surface area contributed by atoms with Gasteiger partial charge in [0.2, 0.25) is 0 Å². The zero-order chi connectivity index (χ0) is 45.7. The Bertz CT molecular complexity index is 3740. The van der Waals surface area contributed by atoms with Crippen LogP contribution in [-0.4, -0.2) is 4.57 Å². The molecule has 0 N–H and O–H groups in total. The first-order valence-corrected chi connectivity index (χ1v) is 23.8. The van der Waals surface area contributed by atoms with Gasteiger partial charge in [-0.25, -0.2) is 0 Å². The first-order valence-electron chi connectivity index (χ1n) is 23.8. The molecule has 11 aromatic carbocycles. The first kappa shape index (κ1) is 40.3. The molecular formula is C67H46N2. The number of para-hydroxylation sites is 2. The van der Waals surface area contributed by atoms with E-state index in [-0.39, 0.29) is 0 Å². The standard InChI is InChI=1S/C67H46N2/c1-5-18-47(19-6-1)48-32-34-49(35-33-48)50-36-40-55(41-37-50)68(56-42-38-51(39-43-56)58-28-17-31-65-66(58)61-27-14-16-30-64(61)69(65)54-24-11-4-12-25-54)57-44-45-60-59-26-13-15-29-62(59)67(63(60)46-57,52-20-7-2-8-21-52)53-22-9-3-10-23-53/h1-46H. The number of hydrogen-bond donors (Lipinski definition) is 0. The number of anilines is 3. The zero-order valence-electron chi connectivity index (χ0n) is 38.0. The van der Waals surface area contributed by atoms with Gasteiger partial charge in [0.25, 0.3) is 0 Å². The van der Waals surface area contributed by atoms with Gasteiger partial charge in [0.05, 0.1) is 16.4 Å². The summed E-state index contributed by atoms with van der Waals surface area (Å²) in [5.41, 5.74) is 21.1. The average molecular weight is 879 g/mol. The van der Waals surface area contributed by atoms with Crippen LogP contribution in [0.1, 0.15) is 22.3 Å². The second-order valence-corrected chi connectivity index (χ2v) is 18.0. The molecule has 0 amide bonds. The van der Waals surface area contributed by atoms with Gasteiger partial charge in [-0.05, 0) is 127 Å². The minimum Gasteiger partial charge on any atom is -0.310 e. The van der Waals surface area contributed by atoms with E-state index in [1.165, 1.54) is 88.6 Å². The van der Waals surface area contributed by atoms with E-state index in [2.05, 4.69) is 289 Å². The molecule has 0 radical (unpaired) electrons. The third-order valence-corrected chi connectivity index (χ3v) is 14.3. The van der Waals surface area contributed by atoms with Crippen LogP contribution in [0.2, 0.25) is 0 Å². The van der Waals surface area contributed by atoms with Crippen LogP contribution in [0, 0.1) is 0 Å². The Morgan fingerprint density at radius 3 is 1.38 bits per heavy atom. The quantitative estimate of drug-likeness (QED) is 0.140. The summed E-state index contributed by atoms with van der Waals surface area (Å²) in [4.78, 5) is 2.43. The predicted molar refractivity (Wildman–Crippen MR) is 289 cm³/mol. The molecule has 0 saturated heterocycles. The SMILES string of the molecule is c1ccc(-c2ccc(-c3ccc(N(c4ccc(-c5cccc6c5c5ccccc5n6-c5ccccc5)cc4)c4ccc5c(c4)C(c4ccccc4)(c4ccccc4)c4ccccc4-5)cc3)cc2)cc1. The molecule has 0 fully saturated rings. The summed E-state index contributed by atoms with van der Waals surface area (Å²) in [6.45, 7) is 0. The molecule has 13 rings (SSSR count). The molecular weight excluding hydrogens is 833 g/mol. The lowest BCUT2D eigenvalue weighted by Crippen LogP contribution is -2.28. The van der Waals surface area contributed by atoms with Gasteiger partial charge in [-0.1, -0.05) is 218 Å². The van der Waals surface area contributed by atoms with Crippen LogP contribution < -0.4 is 4.90 Å². The van der Waals surface area contributed by atoms with Gasteiger partial charge in [-0.15, -0.1) is 0 Å². The average Bonchev–Trinajstić information content (AvgIpc) is 3.93. The second kappa shape index (κ2) is 16.7. The first-order chi connectivity index (χ1) is 34.2. The number of benzene rings is 11. The molecule has 0 spiro atoms. The lowest BCUT2D eigenvalue weighted by Gasteiger charge is -2.35. The van der Waals surface area contributed by atoms with Crippen LogP contribution >= 0.6 is 0 Å². The van der Waals surface area contributed by atoms with Crippen LogP contribution in [0.5, 0.6) is 0 Å². The van der Waals surface area contributed by atoms with Gasteiger partial charge in [-0.2, -0.15) is 0 Å². The maximum Gasteiger partial charge on any atom is 0.0714 e. The van der Waals surface area contributed by atoms with Crippen LogP contribution in [0.25, 0.3) is 72.0 Å². The Balaban J connectivity index is 0.969. The Labute approximate surface area is 403 Å². The van der Waals surface area contributed by atoms with Crippen molar-refractivity contribution in [3.8, 4) is 50.2 Å². The van der Waals surface area contributed by atoms with Crippen molar-refractivity contribution in [1.29, 1.82) is 0 Å². The monoisotopic (exact) mass is 878 g/mol. The Morgan fingerprint density at radius 1 is 0.290 bits per heavy atom. The maximum atomic E-state index is 2.46. The molecule has 0 atom stereocenters. The number of fused-ring (bicyclic) bond motifs is 6. The fourth-order valence-corrected chi connectivity index (χ4v) is 11.2. The molecule has 1 heterocycles. The van der Waals surface area contributed by atoms with Crippen LogP contribution in [0.3, 0.4) is 0 Å². The normalized spacial score (nSPS) is 12.5. The second-order valence-electron chi connectivity index (χ2n) is 18.0. The third-order valence-electron chi connectivity index (χ3n) is 14.3. The molecule has 69 heavy (non-hydrogen) atoms. The summed E-state index contributed by atoms with van der Waals surface area (Å²) in [6.07, 6.45) is 0. The zero-order valence-corrected chi connectivity index (χ0v) is 38.0. The van der Waals surface area contributed by atoms with Crippen molar-refractivity contribution < 1.29 is 0 Å². The highest BCUT2D eigenvalue weighted by Crippen LogP contribution is 2.57. The predicted octanol–water partition coefficient (Wildman–Crippen LogP) is 17.6. The summed E-state index contributed by atoms with van der Waals surface area (Å²) >= 11 is 0. The van der Waals surface area contributed by atoms with Crippen molar-refractivity contribution in [3.05, 3.63) is 301 Å². The molecule has 0 unspecified atom stereocenters. The van der Waals surface area contributed by atoms with Crippen molar-refractivity contribution in [2.24, 2.45) is 0 Å². The summed E-state index contributed by atoms with van der Waals surface area (Å²) in [5, 5.41) is 2.50. The van der Waals surface area contributed by atoms with Gasteiger partial charge < -0.3 is 9.47 Å². The van der Waals surface area contributed by atoms with E-state index in [4.69, 9.17) is 0 Å². The van der Waals surface area contributed by atoms with E-state index < -0.39 is 5.41 Å². The molecule has 324 valence electrons. The largest absolute Gasteiger partial charge is 0.310 e. The molecule has 2 nitrogen and oxygen atoms in total. The Kier molecular flexibility index (Phi) is 9.77. The molecule has 1 aliphatic carbocycles. The highest BCUT2D eigenvalue weighted by atomic mass is 15.1. The van der Waals surface area contributed by atoms with Gasteiger partial charge in [0, 0.05) is 33.5 Å². The lowest BCUT2D eigenvalue weighted by molar-refractivity contribution is 0.768. The van der Waals surface area contributed by atoms with Crippen LogP contribution in [-0.2, 0) is 5.41 Å². The smallest absolute Gasteiger partial charge is 0.0714 e. The molecule has 0 aliphatic heterocycles.